The van der Waals surface area contributed by atoms with Crippen LogP contribution in [-0.4, -0.2) is 32.2 Å². The van der Waals surface area contributed by atoms with Gasteiger partial charge in [-0.2, -0.15) is 5.10 Å². The molecule has 6 nitrogen and oxygen atoms in total. The van der Waals surface area contributed by atoms with Crippen LogP contribution >= 0.6 is 11.6 Å². The second kappa shape index (κ2) is 5.46. The van der Waals surface area contributed by atoms with Crippen LogP contribution in [0.1, 0.15) is 21.6 Å². The Morgan fingerprint density at radius 2 is 2.14 bits per heavy atom. The fourth-order valence-corrected chi connectivity index (χ4v) is 2.79. The molecule has 7 heteroatoms. The van der Waals surface area contributed by atoms with Crippen LogP contribution in [0.25, 0.3) is 0 Å². The van der Waals surface area contributed by atoms with E-state index in [-0.39, 0.29) is 11.5 Å². The highest BCUT2D eigenvalue weighted by molar-refractivity contribution is 6.30. The first-order chi connectivity index (χ1) is 10.5. The molecule has 0 unspecified atom stereocenters. The Labute approximate surface area is 131 Å². The molecule has 1 aromatic heterocycles. The van der Waals surface area contributed by atoms with Crippen molar-refractivity contribution in [1.82, 2.24) is 14.7 Å². The summed E-state index contributed by atoms with van der Waals surface area (Å²) < 4.78 is 1.05. The second-order valence-electron chi connectivity index (χ2n) is 5.21. The van der Waals surface area contributed by atoms with Gasteiger partial charge in [0, 0.05) is 31.6 Å². The molecule has 0 bridgehead atoms. The van der Waals surface area contributed by atoms with Gasteiger partial charge in [0.1, 0.15) is 5.56 Å². The molecule has 114 valence electrons. The van der Waals surface area contributed by atoms with E-state index in [2.05, 4.69) is 5.10 Å². The lowest BCUT2D eigenvalue weighted by Crippen LogP contribution is -2.40. The smallest absolute Gasteiger partial charge is 0.309 e. The van der Waals surface area contributed by atoms with Gasteiger partial charge >= 0.3 is 5.56 Å². The van der Waals surface area contributed by atoms with Gasteiger partial charge in [-0.15, -0.1) is 0 Å². The highest BCUT2D eigenvalue weighted by Crippen LogP contribution is 2.24. The number of aromatic hydroxyl groups is 1. The molecule has 0 saturated heterocycles. The van der Waals surface area contributed by atoms with Crippen LogP contribution in [0.4, 0.5) is 0 Å². The molecular weight excluding hydrogens is 306 g/mol. The van der Waals surface area contributed by atoms with Gasteiger partial charge in [-0.3, -0.25) is 9.59 Å². The fraction of sp³-hybridized carbons (Fsp3) is 0.267. The summed E-state index contributed by atoms with van der Waals surface area (Å²) in [6, 6.07) is 7.23. The van der Waals surface area contributed by atoms with Crippen LogP contribution in [0, 0.1) is 0 Å². The monoisotopic (exact) mass is 319 g/mol. The van der Waals surface area contributed by atoms with Crippen molar-refractivity contribution in [3.63, 3.8) is 0 Å². The lowest BCUT2D eigenvalue weighted by Gasteiger charge is -2.28. The zero-order valence-electron chi connectivity index (χ0n) is 11.9. The first-order valence-electron chi connectivity index (χ1n) is 6.80. The minimum absolute atomic E-state index is 0.0105. The van der Waals surface area contributed by atoms with Crippen molar-refractivity contribution in [1.29, 1.82) is 0 Å². The standard InChI is InChI=1S/C15H14ClN3O3/c1-18-15(22)13(20)12-11(17-18)5-6-19(14(12)21)8-9-3-2-4-10(16)7-9/h2-4,7,20H,5-6,8H2,1H3. The maximum absolute atomic E-state index is 12.5. The van der Waals surface area contributed by atoms with E-state index in [1.54, 1.807) is 17.0 Å². The summed E-state index contributed by atoms with van der Waals surface area (Å²) in [5.74, 6) is -0.919. The number of benzene rings is 1. The summed E-state index contributed by atoms with van der Waals surface area (Å²) in [6.45, 7) is 0.844. The Kier molecular flexibility index (Phi) is 3.62. The van der Waals surface area contributed by atoms with Crippen LogP contribution in [0.5, 0.6) is 5.75 Å². The van der Waals surface area contributed by atoms with Gasteiger partial charge in [-0.25, -0.2) is 4.68 Å². The van der Waals surface area contributed by atoms with E-state index in [4.69, 9.17) is 11.6 Å². The largest absolute Gasteiger partial charge is 0.502 e. The van der Waals surface area contributed by atoms with E-state index in [0.717, 1.165) is 10.2 Å². The summed E-state index contributed by atoms with van der Waals surface area (Å²) in [5, 5.41) is 14.6. The number of rotatable bonds is 2. The normalized spacial score (nSPS) is 14.1. The van der Waals surface area contributed by atoms with Gasteiger partial charge in [0.2, 0.25) is 0 Å². The van der Waals surface area contributed by atoms with Crippen molar-refractivity contribution in [2.24, 2.45) is 7.05 Å². The number of carbonyl (C=O) groups excluding carboxylic acids is 1. The zero-order chi connectivity index (χ0) is 15.9. The maximum Gasteiger partial charge on any atom is 0.309 e. The second-order valence-corrected chi connectivity index (χ2v) is 5.64. The molecule has 1 amide bonds. The van der Waals surface area contributed by atoms with Gasteiger partial charge in [0.05, 0.1) is 5.69 Å². The third kappa shape index (κ3) is 2.46. The molecule has 1 N–H and O–H groups in total. The highest BCUT2D eigenvalue weighted by atomic mass is 35.5. The van der Waals surface area contributed by atoms with Gasteiger partial charge in [-0.05, 0) is 17.7 Å². The molecule has 2 aromatic rings. The van der Waals surface area contributed by atoms with Crippen molar-refractivity contribution < 1.29 is 9.90 Å². The first-order valence-corrected chi connectivity index (χ1v) is 7.18. The Bertz CT molecular complexity index is 816. The van der Waals surface area contributed by atoms with E-state index in [1.807, 2.05) is 12.1 Å². The van der Waals surface area contributed by atoms with Gasteiger partial charge < -0.3 is 10.0 Å². The number of amides is 1. The molecule has 3 rings (SSSR count). The zero-order valence-corrected chi connectivity index (χ0v) is 12.7. The van der Waals surface area contributed by atoms with E-state index in [1.165, 1.54) is 7.05 Å². The molecule has 2 heterocycles. The van der Waals surface area contributed by atoms with Crippen molar-refractivity contribution in [2.45, 2.75) is 13.0 Å². The number of aryl methyl sites for hydroxylation is 1. The van der Waals surface area contributed by atoms with Crippen molar-refractivity contribution >= 4 is 17.5 Å². The van der Waals surface area contributed by atoms with Crippen LogP contribution < -0.4 is 5.56 Å². The lowest BCUT2D eigenvalue weighted by molar-refractivity contribution is 0.0719. The lowest BCUT2D eigenvalue weighted by atomic mass is 10.0. The molecule has 1 aliphatic rings. The Balaban J connectivity index is 1.95. The van der Waals surface area contributed by atoms with Gasteiger partial charge in [-0.1, -0.05) is 23.7 Å². The Morgan fingerprint density at radius 1 is 1.36 bits per heavy atom. The maximum atomic E-state index is 12.5. The van der Waals surface area contributed by atoms with Crippen LogP contribution in [0.15, 0.2) is 29.1 Å². The SMILES string of the molecule is Cn1nc2c(c(O)c1=O)C(=O)N(Cc1cccc(Cl)c1)CC2. The number of carbonyl (C=O) groups is 1. The van der Waals surface area contributed by atoms with E-state index in [9.17, 15) is 14.7 Å². The molecule has 22 heavy (non-hydrogen) atoms. The topological polar surface area (TPSA) is 75.4 Å². The van der Waals surface area contributed by atoms with Crippen LogP contribution in [0.3, 0.4) is 0 Å². The van der Waals surface area contributed by atoms with E-state index in [0.29, 0.717) is 30.2 Å². The number of aromatic nitrogens is 2. The summed E-state index contributed by atoms with van der Waals surface area (Å²) in [7, 11) is 1.45. The van der Waals surface area contributed by atoms with Gasteiger partial charge in [0.25, 0.3) is 5.91 Å². The molecule has 1 aliphatic heterocycles. The third-order valence-corrected chi connectivity index (χ3v) is 3.91. The number of nitrogens with zero attached hydrogens (tertiary/aromatic N) is 3. The quantitative estimate of drug-likeness (QED) is 0.906. The molecule has 1 aromatic carbocycles. The van der Waals surface area contributed by atoms with Crippen molar-refractivity contribution in [3.8, 4) is 5.75 Å². The van der Waals surface area contributed by atoms with Crippen LogP contribution in [0.2, 0.25) is 5.02 Å². The van der Waals surface area contributed by atoms with Crippen molar-refractivity contribution in [3.05, 3.63) is 56.5 Å². The number of halogens is 1. The Morgan fingerprint density at radius 3 is 2.86 bits per heavy atom. The highest BCUT2D eigenvalue weighted by Gasteiger charge is 2.30. The molecule has 0 radical (unpaired) electrons. The van der Waals surface area contributed by atoms with Gasteiger partial charge in [0.15, 0.2) is 5.75 Å². The summed E-state index contributed by atoms with van der Waals surface area (Å²) in [6.07, 6.45) is 0.489. The number of fused-ring (bicyclic) bond motifs is 1. The average Bonchev–Trinajstić information content (AvgIpc) is 2.48. The third-order valence-electron chi connectivity index (χ3n) is 3.67. The molecule has 0 saturated carbocycles. The number of hydrogen-bond acceptors (Lipinski definition) is 4. The van der Waals surface area contributed by atoms with E-state index < -0.39 is 11.3 Å². The summed E-state index contributed by atoms with van der Waals surface area (Å²) in [5.41, 5.74) is 0.681. The molecule has 0 fully saturated rings. The molecule has 0 atom stereocenters. The minimum Gasteiger partial charge on any atom is -0.502 e. The predicted octanol–water partition coefficient (Wildman–Crippen LogP) is 1.34. The average molecular weight is 320 g/mol. The predicted molar refractivity (Wildman–Crippen MR) is 81.0 cm³/mol. The Hall–Kier alpha value is -2.34. The summed E-state index contributed by atoms with van der Waals surface area (Å²) >= 11 is 5.95. The van der Waals surface area contributed by atoms with E-state index >= 15 is 0 Å². The van der Waals surface area contributed by atoms with Crippen LogP contribution in [-0.2, 0) is 20.0 Å². The fourth-order valence-electron chi connectivity index (χ4n) is 2.58. The summed E-state index contributed by atoms with van der Waals surface area (Å²) in [4.78, 5) is 25.9. The van der Waals surface area contributed by atoms with Crippen molar-refractivity contribution in [2.75, 3.05) is 6.54 Å². The first kappa shape index (κ1) is 14.6. The molecular formula is C15H14ClN3O3. The molecule has 0 spiro atoms. The number of hydrogen-bond donors (Lipinski definition) is 1. The minimum atomic E-state index is -0.670. The molecule has 0 aliphatic carbocycles.